The molecule has 106 valence electrons. The molecule has 0 bridgehead atoms. The molecular formula is C14H16N2O3S. The van der Waals surface area contributed by atoms with Gasteiger partial charge in [-0.05, 0) is 37.6 Å². The summed E-state index contributed by atoms with van der Waals surface area (Å²) in [6.45, 7) is 1.57. The lowest BCUT2D eigenvalue weighted by molar-refractivity contribution is 0.0904. The Kier molecular flexibility index (Phi) is 3.58. The van der Waals surface area contributed by atoms with Crippen molar-refractivity contribution >= 4 is 17.2 Å². The summed E-state index contributed by atoms with van der Waals surface area (Å²) >= 11 is 1.49. The van der Waals surface area contributed by atoms with E-state index in [0.717, 1.165) is 24.1 Å². The quantitative estimate of drug-likeness (QED) is 0.908. The first kappa shape index (κ1) is 13.3. The molecular weight excluding hydrogens is 276 g/mol. The minimum atomic E-state index is -0.863. The second kappa shape index (κ2) is 5.38. The van der Waals surface area contributed by atoms with E-state index in [1.54, 1.807) is 6.92 Å². The Labute approximate surface area is 120 Å². The molecule has 0 aromatic carbocycles. The summed E-state index contributed by atoms with van der Waals surface area (Å²) in [4.78, 5) is 13.3. The minimum absolute atomic E-state index is 0.213. The van der Waals surface area contributed by atoms with Gasteiger partial charge in [0.2, 0.25) is 0 Å². The van der Waals surface area contributed by atoms with Crippen molar-refractivity contribution in [2.45, 2.75) is 38.3 Å². The Morgan fingerprint density at radius 3 is 2.95 bits per heavy atom. The largest absolute Gasteiger partial charge is 0.385 e. The molecule has 1 fully saturated rings. The van der Waals surface area contributed by atoms with Crippen LogP contribution in [-0.2, 0) is 0 Å². The summed E-state index contributed by atoms with van der Waals surface area (Å²) < 4.78 is 5.18. The number of nitrogens with one attached hydrogen (secondary N) is 1. The molecule has 5 nitrogen and oxygen atoms in total. The molecule has 0 saturated heterocycles. The molecule has 1 aliphatic carbocycles. The molecule has 2 heterocycles. The standard InChI is InChI=1S/C14H16N2O3S/c1-8(17)13-11(14(18)15-9-4-2-5-9)12(16-19-13)10-6-3-7-20-10/h3,6-9,17H,2,4-5H2,1H3,(H,15,18). The topological polar surface area (TPSA) is 75.4 Å². The van der Waals surface area contributed by atoms with Gasteiger partial charge < -0.3 is 14.9 Å². The maximum atomic E-state index is 12.4. The van der Waals surface area contributed by atoms with Gasteiger partial charge in [-0.1, -0.05) is 11.2 Å². The summed E-state index contributed by atoms with van der Waals surface area (Å²) in [6, 6.07) is 4.01. The third-order valence-corrected chi connectivity index (χ3v) is 4.40. The second-order valence-corrected chi connectivity index (χ2v) is 5.97. The maximum Gasteiger partial charge on any atom is 0.257 e. The fourth-order valence-corrected chi connectivity index (χ4v) is 2.91. The fraction of sp³-hybridized carbons (Fsp3) is 0.429. The molecule has 2 aromatic heterocycles. The number of carbonyl (C=O) groups excluding carboxylic acids is 1. The summed E-state index contributed by atoms with van der Waals surface area (Å²) in [5.41, 5.74) is 0.863. The first-order valence-corrected chi connectivity index (χ1v) is 7.57. The van der Waals surface area contributed by atoms with Gasteiger partial charge in [-0.3, -0.25) is 4.79 Å². The number of hydrogen-bond donors (Lipinski definition) is 2. The highest BCUT2D eigenvalue weighted by Gasteiger charge is 2.29. The summed E-state index contributed by atoms with van der Waals surface area (Å²) in [6.07, 6.45) is 2.30. The maximum absolute atomic E-state index is 12.4. The Balaban J connectivity index is 1.96. The van der Waals surface area contributed by atoms with Gasteiger partial charge in [-0.25, -0.2) is 0 Å². The number of amides is 1. The monoisotopic (exact) mass is 292 g/mol. The molecule has 0 spiro atoms. The van der Waals surface area contributed by atoms with E-state index in [9.17, 15) is 9.90 Å². The third kappa shape index (κ3) is 2.36. The molecule has 0 radical (unpaired) electrons. The van der Waals surface area contributed by atoms with Gasteiger partial charge in [0, 0.05) is 6.04 Å². The fourth-order valence-electron chi connectivity index (χ4n) is 2.20. The molecule has 2 N–H and O–H groups in total. The predicted molar refractivity (Wildman–Crippen MR) is 75.6 cm³/mol. The zero-order chi connectivity index (χ0) is 14.1. The van der Waals surface area contributed by atoms with Crippen molar-refractivity contribution in [3.8, 4) is 10.6 Å². The van der Waals surface area contributed by atoms with Crippen LogP contribution in [0.25, 0.3) is 10.6 Å². The van der Waals surface area contributed by atoms with E-state index < -0.39 is 6.10 Å². The number of aliphatic hydroxyl groups excluding tert-OH is 1. The molecule has 3 rings (SSSR count). The van der Waals surface area contributed by atoms with Gasteiger partial charge in [0.25, 0.3) is 5.91 Å². The molecule has 1 aliphatic rings. The number of nitrogens with zero attached hydrogens (tertiary/aromatic N) is 1. The Morgan fingerprint density at radius 1 is 1.60 bits per heavy atom. The molecule has 2 aromatic rings. The van der Waals surface area contributed by atoms with Crippen LogP contribution in [0.15, 0.2) is 22.0 Å². The van der Waals surface area contributed by atoms with Crippen molar-refractivity contribution in [3.63, 3.8) is 0 Å². The van der Waals surface area contributed by atoms with Gasteiger partial charge in [0.05, 0.1) is 4.88 Å². The second-order valence-electron chi connectivity index (χ2n) is 5.02. The lowest BCUT2D eigenvalue weighted by Gasteiger charge is -2.26. The van der Waals surface area contributed by atoms with Crippen LogP contribution in [-0.4, -0.2) is 22.2 Å². The van der Waals surface area contributed by atoms with Crippen LogP contribution in [0.2, 0.25) is 0 Å². The van der Waals surface area contributed by atoms with Gasteiger partial charge in [-0.15, -0.1) is 11.3 Å². The number of thiophene rings is 1. The smallest absolute Gasteiger partial charge is 0.257 e. The number of aromatic nitrogens is 1. The molecule has 1 unspecified atom stereocenters. The highest BCUT2D eigenvalue weighted by atomic mass is 32.1. The van der Waals surface area contributed by atoms with Gasteiger partial charge in [0.15, 0.2) is 5.76 Å². The van der Waals surface area contributed by atoms with E-state index in [0.29, 0.717) is 11.3 Å². The lowest BCUT2D eigenvalue weighted by atomic mass is 9.92. The first-order chi connectivity index (χ1) is 9.66. The molecule has 20 heavy (non-hydrogen) atoms. The van der Waals surface area contributed by atoms with Gasteiger partial charge in [-0.2, -0.15) is 0 Å². The predicted octanol–water partition coefficient (Wildman–Crippen LogP) is 2.74. The van der Waals surface area contributed by atoms with Gasteiger partial charge in [0.1, 0.15) is 17.4 Å². The average Bonchev–Trinajstić information content (AvgIpc) is 3.00. The highest BCUT2D eigenvalue weighted by Crippen LogP contribution is 2.32. The highest BCUT2D eigenvalue weighted by molar-refractivity contribution is 7.13. The van der Waals surface area contributed by atoms with Crippen molar-refractivity contribution in [2.24, 2.45) is 0 Å². The summed E-state index contributed by atoms with van der Waals surface area (Å²) in [5.74, 6) is 0.0143. The summed E-state index contributed by atoms with van der Waals surface area (Å²) in [7, 11) is 0. The molecule has 1 atom stereocenters. The van der Waals surface area contributed by atoms with E-state index in [1.165, 1.54) is 11.3 Å². The van der Waals surface area contributed by atoms with E-state index in [4.69, 9.17) is 4.52 Å². The third-order valence-electron chi connectivity index (χ3n) is 3.52. The SMILES string of the molecule is CC(O)c1onc(-c2cccs2)c1C(=O)NC1CCC1. The van der Waals surface area contributed by atoms with Crippen LogP contribution < -0.4 is 5.32 Å². The Hall–Kier alpha value is -1.66. The van der Waals surface area contributed by atoms with E-state index >= 15 is 0 Å². The minimum Gasteiger partial charge on any atom is -0.385 e. The normalized spacial score (nSPS) is 16.7. The molecule has 1 saturated carbocycles. The summed E-state index contributed by atoms with van der Waals surface area (Å²) in [5, 5.41) is 18.6. The lowest BCUT2D eigenvalue weighted by Crippen LogP contribution is -2.39. The molecule has 6 heteroatoms. The Morgan fingerprint density at radius 2 is 2.40 bits per heavy atom. The first-order valence-electron chi connectivity index (χ1n) is 6.69. The van der Waals surface area contributed by atoms with E-state index in [2.05, 4.69) is 10.5 Å². The van der Waals surface area contributed by atoms with Crippen molar-refractivity contribution in [1.82, 2.24) is 10.5 Å². The van der Waals surface area contributed by atoms with E-state index in [1.807, 2.05) is 17.5 Å². The van der Waals surface area contributed by atoms with Crippen LogP contribution in [0.1, 0.15) is 48.4 Å². The zero-order valence-electron chi connectivity index (χ0n) is 11.1. The van der Waals surface area contributed by atoms with Crippen LogP contribution in [0, 0.1) is 0 Å². The van der Waals surface area contributed by atoms with Crippen LogP contribution in [0.5, 0.6) is 0 Å². The van der Waals surface area contributed by atoms with Crippen LogP contribution in [0.4, 0.5) is 0 Å². The molecule has 0 aliphatic heterocycles. The van der Waals surface area contributed by atoms with Crippen molar-refractivity contribution < 1.29 is 14.4 Å². The van der Waals surface area contributed by atoms with Crippen molar-refractivity contribution in [2.75, 3.05) is 0 Å². The Bertz CT molecular complexity index is 600. The number of aliphatic hydroxyl groups is 1. The number of rotatable bonds is 4. The van der Waals surface area contributed by atoms with E-state index in [-0.39, 0.29) is 17.7 Å². The number of hydrogen-bond acceptors (Lipinski definition) is 5. The average molecular weight is 292 g/mol. The van der Waals surface area contributed by atoms with Crippen molar-refractivity contribution in [3.05, 3.63) is 28.8 Å². The van der Waals surface area contributed by atoms with Crippen LogP contribution >= 0.6 is 11.3 Å². The van der Waals surface area contributed by atoms with Gasteiger partial charge >= 0.3 is 0 Å². The zero-order valence-corrected chi connectivity index (χ0v) is 11.9. The number of carbonyl (C=O) groups is 1. The van der Waals surface area contributed by atoms with Crippen molar-refractivity contribution in [1.29, 1.82) is 0 Å². The van der Waals surface area contributed by atoms with Crippen LogP contribution in [0.3, 0.4) is 0 Å². The molecule has 1 amide bonds.